The molecule has 8 N–H and O–H groups in total. The molecule has 4 aromatic rings. The number of methoxy groups -OCH3 is 3. The maximum atomic E-state index is 13.4. The molecule has 376 valence electrons. The minimum Gasteiger partial charge on any atom is -0.496 e. The molecule has 17 heteroatoms. The average molecular weight is 963 g/mol. The summed E-state index contributed by atoms with van der Waals surface area (Å²) in [5.74, 6) is -1.17. The maximum Gasteiger partial charge on any atom is 0.475 e. The molecule has 2 aliphatic rings. The smallest absolute Gasteiger partial charge is 0.475 e. The van der Waals surface area contributed by atoms with Gasteiger partial charge in [-0.1, -0.05) is 107 Å². The number of rotatable bonds is 21. The molecular formula is C53H72B2N4O11. The van der Waals surface area contributed by atoms with Crippen molar-refractivity contribution >= 4 is 37.9 Å². The Morgan fingerprint density at radius 1 is 0.543 bits per heavy atom. The molecule has 0 radical (unpaired) electrons. The third-order valence-electron chi connectivity index (χ3n) is 13.0. The molecule has 0 fully saturated rings. The van der Waals surface area contributed by atoms with E-state index in [-0.39, 0.29) is 41.9 Å². The summed E-state index contributed by atoms with van der Waals surface area (Å²) >= 11 is 0. The zero-order chi connectivity index (χ0) is 50.9. The van der Waals surface area contributed by atoms with Gasteiger partial charge in [0.2, 0.25) is 23.6 Å². The van der Waals surface area contributed by atoms with Crippen molar-refractivity contribution in [1.29, 1.82) is 0 Å². The van der Waals surface area contributed by atoms with Crippen LogP contribution in [0, 0.1) is 23.7 Å². The molecule has 0 saturated heterocycles. The second-order valence-corrected chi connectivity index (χ2v) is 19.2. The maximum absolute atomic E-state index is 13.4. The molecule has 6 rings (SSSR count). The lowest BCUT2D eigenvalue weighted by atomic mass is 9.75. The van der Waals surface area contributed by atoms with Crippen LogP contribution in [-0.2, 0) is 57.7 Å². The zero-order valence-corrected chi connectivity index (χ0v) is 41.7. The fourth-order valence-corrected chi connectivity index (χ4v) is 9.35. The average Bonchev–Trinajstić information content (AvgIpc) is 3.34. The summed E-state index contributed by atoms with van der Waals surface area (Å²) in [6, 6.07) is 27.0. The van der Waals surface area contributed by atoms with Gasteiger partial charge in [0.05, 0.1) is 33.2 Å². The number of benzene rings is 4. The lowest BCUT2D eigenvalue weighted by Gasteiger charge is -2.29. The minimum absolute atomic E-state index is 0.147. The highest BCUT2D eigenvalue weighted by Crippen LogP contribution is 2.39. The summed E-state index contributed by atoms with van der Waals surface area (Å²) in [6.45, 7) is 7.77. The topological polar surface area (TPSA) is 225 Å². The fourth-order valence-electron chi connectivity index (χ4n) is 9.35. The van der Waals surface area contributed by atoms with Crippen molar-refractivity contribution in [2.75, 3.05) is 21.3 Å². The van der Waals surface area contributed by atoms with Crippen LogP contribution in [0.3, 0.4) is 0 Å². The number of nitrogens with one attached hydrogen (secondary N) is 4. The van der Waals surface area contributed by atoms with E-state index in [2.05, 4.69) is 27.3 Å². The number of aryl methyl sites for hydroxylation is 2. The molecule has 2 aliphatic carbocycles. The van der Waals surface area contributed by atoms with Crippen LogP contribution in [0.5, 0.6) is 17.2 Å². The standard InChI is InChI=1S/C27H37BN2O6.C26H35BN2O5/c1-17(2)14-24(28(33)34)30-27(32)22(15-18-8-6-5-7-9-18)29-26(31)20-11-10-19-12-13-23(35-3)25(36-4)21(19)16-20;1-17(2)14-24(27(32)33)29-26(31)22(15-18-8-5-4-6-9-18)28-25(30)20-13-12-19-10-7-11-23(34-3)21(19)16-20/h5-9,12-13,17,20,22,24,33-34H,10-11,14-16H2,1-4H3,(H,29,31)(H,30,32);4-11,17,20,22,24,32-33H,12-16H2,1-3H3,(H,28,30)(H,29,31)/t2*20?,22-,24-/m00/s1. The molecule has 0 aromatic heterocycles. The number of fused-ring (bicyclic) bond motifs is 2. The summed E-state index contributed by atoms with van der Waals surface area (Å²) in [4.78, 5) is 53.1. The Hall–Kier alpha value is -5.87. The van der Waals surface area contributed by atoms with Gasteiger partial charge in [-0.05, 0) is 103 Å². The van der Waals surface area contributed by atoms with Gasteiger partial charge >= 0.3 is 14.2 Å². The van der Waals surface area contributed by atoms with E-state index in [1.807, 2.05) is 113 Å². The van der Waals surface area contributed by atoms with Crippen LogP contribution in [0.15, 0.2) is 91.0 Å². The Labute approximate surface area is 413 Å². The molecule has 0 aliphatic heterocycles. The van der Waals surface area contributed by atoms with Crippen molar-refractivity contribution in [2.24, 2.45) is 23.7 Å². The van der Waals surface area contributed by atoms with Crippen LogP contribution in [0.1, 0.15) is 86.8 Å². The van der Waals surface area contributed by atoms with E-state index in [0.29, 0.717) is 56.4 Å². The van der Waals surface area contributed by atoms with E-state index in [1.54, 1.807) is 21.3 Å². The van der Waals surface area contributed by atoms with Gasteiger partial charge in [-0.25, -0.2) is 0 Å². The first-order valence-corrected chi connectivity index (χ1v) is 24.4. The SMILES string of the molecule is COc1ccc2c(c1OC)CC(C(=O)N[C@@H](Cc1ccccc1)C(=O)N[C@@H](CC(C)C)B(O)O)CC2.COc1cccc2c1CC(C(=O)N[C@@H](Cc1ccccc1)C(=O)N[C@@H](CC(C)C)B(O)O)CC2. The highest BCUT2D eigenvalue weighted by Gasteiger charge is 2.35. The molecular weight excluding hydrogens is 890 g/mol. The molecule has 0 bridgehead atoms. The van der Waals surface area contributed by atoms with Crippen LogP contribution in [-0.4, -0.2) is 103 Å². The second kappa shape index (κ2) is 26.9. The van der Waals surface area contributed by atoms with Crippen molar-refractivity contribution in [1.82, 2.24) is 21.3 Å². The molecule has 4 aromatic carbocycles. The molecule has 15 nitrogen and oxygen atoms in total. The van der Waals surface area contributed by atoms with Crippen LogP contribution < -0.4 is 35.5 Å². The number of carbonyl (C=O) groups is 4. The third kappa shape index (κ3) is 15.8. The lowest BCUT2D eigenvalue weighted by molar-refractivity contribution is -0.131. The summed E-state index contributed by atoms with van der Waals surface area (Å²) in [6.07, 6.45) is 5.27. The molecule has 6 atom stereocenters. The zero-order valence-electron chi connectivity index (χ0n) is 41.7. The monoisotopic (exact) mass is 963 g/mol. The Morgan fingerprint density at radius 2 is 0.986 bits per heavy atom. The molecule has 4 amide bonds. The number of hydrogen-bond acceptors (Lipinski definition) is 11. The summed E-state index contributed by atoms with van der Waals surface area (Å²) in [7, 11) is 1.43. The number of amides is 4. The summed E-state index contributed by atoms with van der Waals surface area (Å²) in [5, 5.41) is 50.4. The van der Waals surface area contributed by atoms with E-state index in [1.165, 1.54) is 5.56 Å². The predicted molar refractivity (Wildman–Crippen MR) is 271 cm³/mol. The van der Waals surface area contributed by atoms with Gasteiger partial charge in [-0.2, -0.15) is 0 Å². The highest BCUT2D eigenvalue weighted by molar-refractivity contribution is 6.44. The van der Waals surface area contributed by atoms with E-state index in [0.717, 1.165) is 46.4 Å². The quantitative estimate of drug-likeness (QED) is 0.0554. The van der Waals surface area contributed by atoms with Crippen LogP contribution in [0.2, 0.25) is 0 Å². The molecule has 0 spiro atoms. The highest BCUT2D eigenvalue weighted by atomic mass is 16.5. The van der Waals surface area contributed by atoms with Gasteiger partial charge in [0.15, 0.2) is 11.5 Å². The van der Waals surface area contributed by atoms with Crippen molar-refractivity contribution in [3.05, 3.63) is 124 Å². The fraction of sp³-hybridized carbons (Fsp3) is 0.472. The van der Waals surface area contributed by atoms with Crippen molar-refractivity contribution in [3.8, 4) is 17.2 Å². The third-order valence-corrected chi connectivity index (χ3v) is 13.0. The molecule has 0 saturated carbocycles. The Morgan fingerprint density at radius 3 is 1.40 bits per heavy atom. The predicted octanol–water partition coefficient (Wildman–Crippen LogP) is 4.15. The van der Waals surface area contributed by atoms with Gasteiger partial charge in [0.25, 0.3) is 0 Å². The van der Waals surface area contributed by atoms with E-state index in [4.69, 9.17) is 14.2 Å². The second-order valence-electron chi connectivity index (χ2n) is 19.2. The first kappa shape index (κ1) is 55.1. The van der Waals surface area contributed by atoms with Gasteiger partial charge in [0, 0.05) is 30.2 Å². The first-order valence-electron chi connectivity index (χ1n) is 24.4. The minimum atomic E-state index is -1.69. The largest absolute Gasteiger partial charge is 0.496 e. The summed E-state index contributed by atoms with van der Waals surface area (Å²) in [5.41, 5.74) is 6.11. The first-order chi connectivity index (χ1) is 33.5. The Kier molecular flexibility index (Phi) is 21.2. The normalized spacial score (nSPS) is 16.6. The Bertz CT molecular complexity index is 2300. The number of ether oxygens (including phenoxy) is 3. The van der Waals surface area contributed by atoms with Gasteiger partial charge < -0.3 is 55.6 Å². The van der Waals surface area contributed by atoms with Crippen molar-refractivity contribution < 1.29 is 53.5 Å². The Balaban J connectivity index is 0.000000261. The van der Waals surface area contributed by atoms with Gasteiger partial charge in [-0.15, -0.1) is 0 Å². The number of carbonyl (C=O) groups excluding carboxylic acids is 4. The van der Waals surface area contributed by atoms with Crippen LogP contribution in [0.25, 0.3) is 0 Å². The van der Waals surface area contributed by atoms with E-state index < -0.39 is 50.0 Å². The molecule has 70 heavy (non-hydrogen) atoms. The molecule has 2 unspecified atom stereocenters. The molecule has 0 heterocycles. The van der Waals surface area contributed by atoms with Gasteiger partial charge in [-0.3, -0.25) is 19.2 Å². The van der Waals surface area contributed by atoms with Gasteiger partial charge in [0.1, 0.15) is 17.8 Å². The summed E-state index contributed by atoms with van der Waals surface area (Å²) < 4.78 is 16.5. The lowest BCUT2D eigenvalue weighted by Crippen LogP contribution is -2.55. The van der Waals surface area contributed by atoms with Crippen LogP contribution in [0.4, 0.5) is 0 Å². The van der Waals surface area contributed by atoms with Crippen LogP contribution >= 0.6 is 0 Å². The van der Waals surface area contributed by atoms with E-state index >= 15 is 0 Å². The van der Waals surface area contributed by atoms with Crippen molar-refractivity contribution in [3.63, 3.8) is 0 Å². The number of hydrogen-bond donors (Lipinski definition) is 8. The van der Waals surface area contributed by atoms with Crippen molar-refractivity contribution in [2.45, 2.75) is 116 Å². The van der Waals surface area contributed by atoms with E-state index in [9.17, 15) is 39.3 Å².